The monoisotopic (exact) mass is 409 g/mol. The van der Waals surface area contributed by atoms with Gasteiger partial charge in [-0.3, -0.25) is 14.6 Å². The molecule has 1 saturated carbocycles. The summed E-state index contributed by atoms with van der Waals surface area (Å²) >= 11 is 0. The van der Waals surface area contributed by atoms with Gasteiger partial charge in [-0.15, -0.1) is 0 Å². The number of hydrogen-bond acceptors (Lipinski definition) is 8. The van der Waals surface area contributed by atoms with E-state index in [1.165, 1.54) is 30.4 Å². The number of rotatable bonds is 7. The zero-order valence-electron chi connectivity index (χ0n) is 17.0. The molecule has 10 nitrogen and oxygen atoms in total. The quantitative estimate of drug-likeness (QED) is 0.614. The normalized spacial score (nSPS) is 14.9. The topological polar surface area (TPSA) is 144 Å². The molecule has 0 saturated heterocycles. The number of carbonyl (C=O) groups excluding carboxylic acids is 2. The number of aliphatic hydroxyl groups is 1. The van der Waals surface area contributed by atoms with Crippen LogP contribution in [0.4, 0.5) is 11.5 Å². The summed E-state index contributed by atoms with van der Waals surface area (Å²) < 4.78 is 0. The summed E-state index contributed by atoms with van der Waals surface area (Å²) in [6, 6.07) is 2.64. The second kappa shape index (κ2) is 8.84. The fourth-order valence-electron chi connectivity index (χ4n) is 2.75. The van der Waals surface area contributed by atoms with Crippen LogP contribution in [0.2, 0.25) is 0 Å². The predicted octanol–water partition coefficient (Wildman–Crippen LogP) is 1.01. The minimum absolute atomic E-state index is 0.0571. The van der Waals surface area contributed by atoms with Crippen LogP contribution >= 0.6 is 0 Å². The molecule has 0 radical (unpaired) electrons. The molecule has 0 aromatic carbocycles. The summed E-state index contributed by atoms with van der Waals surface area (Å²) in [4.78, 5) is 38.2. The van der Waals surface area contributed by atoms with Crippen molar-refractivity contribution in [1.82, 2.24) is 19.9 Å². The highest BCUT2D eigenvalue weighted by atomic mass is 16.3. The average Bonchev–Trinajstić information content (AvgIpc) is 3.57. The molecule has 30 heavy (non-hydrogen) atoms. The van der Waals surface area contributed by atoms with E-state index in [-0.39, 0.29) is 23.4 Å². The lowest BCUT2D eigenvalue weighted by molar-refractivity contribution is -0.131. The Labute approximate surface area is 174 Å². The molecule has 2 amide bonds. The Morgan fingerprint density at radius 1 is 1.23 bits per heavy atom. The smallest absolute Gasteiger partial charge is 0.247 e. The summed E-state index contributed by atoms with van der Waals surface area (Å²) in [6.07, 6.45) is 5.22. The van der Waals surface area contributed by atoms with E-state index in [1.54, 1.807) is 20.2 Å². The van der Waals surface area contributed by atoms with Crippen molar-refractivity contribution in [3.63, 3.8) is 0 Å². The number of nitrogens with zero attached hydrogens (tertiary/aromatic N) is 5. The molecule has 0 aliphatic heterocycles. The number of nitriles is 1. The van der Waals surface area contributed by atoms with E-state index in [1.807, 2.05) is 6.07 Å². The minimum atomic E-state index is -0.996. The average molecular weight is 409 g/mol. The van der Waals surface area contributed by atoms with E-state index in [9.17, 15) is 20.0 Å². The molecule has 3 rings (SSSR count). The Morgan fingerprint density at radius 2 is 1.97 bits per heavy atom. The van der Waals surface area contributed by atoms with Crippen LogP contribution in [0.25, 0.3) is 11.3 Å². The molecule has 1 aliphatic rings. The van der Waals surface area contributed by atoms with Crippen molar-refractivity contribution in [3.8, 4) is 17.3 Å². The minimum Gasteiger partial charge on any atom is -0.391 e. The van der Waals surface area contributed by atoms with E-state index in [2.05, 4.69) is 25.6 Å². The Balaban J connectivity index is 1.83. The summed E-state index contributed by atoms with van der Waals surface area (Å²) in [5, 5.41) is 25.0. The molecule has 1 fully saturated rings. The van der Waals surface area contributed by atoms with E-state index in [0.29, 0.717) is 22.8 Å². The van der Waals surface area contributed by atoms with Gasteiger partial charge in [0.1, 0.15) is 12.1 Å². The Bertz CT molecular complexity index is 979. The van der Waals surface area contributed by atoms with Crippen molar-refractivity contribution < 1.29 is 14.7 Å². The van der Waals surface area contributed by atoms with Gasteiger partial charge in [-0.2, -0.15) is 5.26 Å². The highest BCUT2D eigenvalue weighted by Gasteiger charge is 2.30. The van der Waals surface area contributed by atoms with Crippen LogP contribution in [0.15, 0.2) is 24.7 Å². The van der Waals surface area contributed by atoms with Gasteiger partial charge in [0, 0.05) is 31.8 Å². The van der Waals surface area contributed by atoms with Crippen LogP contribution in [0, 0.1) is 17.2 Å². The molecule has 2 heterocycles. The van der Waals surface area contributed by atoms with E-state index in [0.717, 1.165) is 12.8 Å². The number of aliphatic hydroxyl groups excluding tert-OH is 1. The zero-order chi connectivity index (χ0) is 21.8. The van der Waals surface area contributed by atoms with Crippen molar-refractivity contribution >= 4 is 23.3 Å². The zero-order valence-corrected chi connectivity index (χ0v) is 17.0. The van der Waals surface area contributed by atoms with Gasteiger partial charge in [0.2, 0.25) is 11.8 Å². The van der Waals surface area contributed by atoms with Gasteiger partial charge >= 0.3 is 0 Å². The number of pyridine rings is 1. The van der Waals surface area contributed by atoms with Gasteiger partial charge in [0.25, 0.3) is 0 Å². The molecule has 1 aliphatic carbocycles. The third-order valence-corrected chi connectivity index (χ3v) is 4.64. The van der Waals surface area contributed by atoms with Crippen LogP contribution < -0.4 is 10.6 Å². The first-order valence-electron chi connectivity index (χ1n) is 9.49. The van der Waals surface area contributed by atoms with Crippen LogP contribution in [0.3, 0.4) is 0 Å². The maximum Gasteiger partial charge on any atom is 0.247 e. The van der Waals surface area contributed by atoms with Gasteiger partial charge in [0.05, 0.1) is 29.9 Å². The Morgan fingerprint density at radius 3 is 2.50 bits per heavy atom. The fourth-order valence-corrected chi connectivity index (χ4v) is 2.75. The molecular weight excluding hydrogens is 386 g/mol. The lowest BCUT2D eigenvalue weighted by atomic mass is 10.1. The maximum atomic E-state index is 12.4. The highest BCUT2D eigenvalue weighted by Crippen LogP contribution is 2.30. The number of nitrogens with one attached hydrogen (secondary N) is 2. The van der Waals surface area contributed by atoms with E-state index in [4.69, 9.17) is 0 Å². The van der Waals surface area contributed by atoms with Crippen molar-refractivity contribution in [1.29, 1.82) is 5.26 Å². The molecule has 0 unspecified atom stereocenters. The van der Waals surface area contributed by atoms with Gasteiger partial charge in [-0.1, -0.05) is 0 Å². The number of hydrogen-bond donors (Lipinski definition) is 3. The van der Waals surface area contributed by atoms with E-state index < -0.39 is 12.1 Å². The lowest BCUT2D eigenvalue weighted by Gasteiger charge is -2.25. The van der Waals surface area contributed by atoms with Crippen LogP contribution in [-0.2, 0) is 9.59 Å². The summed E-state index contributed by atoms with van der Waals surface area (Å²) in [5.41, 5.74) is 1.42. The van der Waals surface area contributed by atoms with Gasteiger partial charge in [0.15, 0.2) is 11.5 Å². The molecular formula is C20H23N7O3. The molecule has 2 aromatic heterocycles. The van der Waals surface area contributed by atoms with Crippen molar-refractivity contribution in [2.75, 3.05) is 24.7 Å². The summed E-state index contributed by atoms with van der Waals surface area (Å²) in [7, 11) is 3.16. The Kier molecular flexibility index (Phi) is 6.23. The second-order valence-corrected chi connectivity index (χ2v) is 7.38. The van der Waals surface area contributed by atoms with Crippen molar-refractivity contribution in [3.05, 3.63) is 30.4 Å². The highest BCUT2D eigenvalue weighted by molar-refractivity contribution is 5.93. The third-order valence-electron chi connectivity index (χ3n) is 4.64. The van der Waals surface area contributed by atoms with Gasteiger partial charge < -0.3 is 20.6 Å². The maximum absolute atomic E-state index is 12.4. The second-order valence-electron chi connectivity index (χ2n) is 7.38. The molecule has 10 heteroatoms. The standard InChI is InChI=1S/C20H23N7O3/c1-11(28)18(20(30)27(2)3)25-14-6-13(8-22-15(14)7-21)16-9-24-17(10-23-16)26-19(29)12-4-5-12/h6,8-12,18,25,28H,4-5H2,1-3H3,(H,24,26,29)/t11-,18+/m1/s1. The number of aromatic nitrogens is 3. The van der Waals surface area contributed by atoms with Crippen molar-refractivity contribution in [2.45, 2.75) is 31.9 Å². The molecule has 3 N–H and O–H groups in total. The number of carbonyl (C=O) groups is 2. The number of likely N-dealkylation sites (N-methyl/N-ethyl adjacent to an activating group) is 1. The number of amides is 2. The number of anilines is 2. The Hall–Kier alpha value is -3.58. The molecule has 2 atom stereocenters. The SMILES string of the molecule is C[C@@H](O)[C@H](Nc1cc(-c2cnc(NC(=O)C3CC3)cn2)cnc1C#N)C(=O)N(C)C. The first-order chi connectivity index (χ1) is 14.3. The first-order valence-corrected chi connectivity index (χ1v) is 9.49. The van der Waals surface area contributed by atoms with Crippen LogP contribution in [0.5, 0.6) is 0 Å². The summed E-state index contributed by atoms with van der Waals surface area (Å²) in [5.74, 6) is 0.0315. The lowest BCUT2D eigenvalue weighted by Crippen LogP contribution is -2.45. The van der Waals surface area contributed by atoms with E-state index >= 15 is 0 Å². The fraction of sp³-hybridized carbons (Fsp3) is 0.400. The van der Waals surface area contributed by atoms with Crippen molar-refractivity contribution in [2.24, 2.45) is 5.92 Å². The largest absolute Gasteiger partial charge is 0.391 e. The first kappa shape index (κ1) is 21.1. The summed E-state index contributed by atoms with van der Waals surface area (Å²) in [6.45, 7) is 1.49. The van der Waals surface area contributed by atoms with Crippen LogP contribution in [-0.4, -0.2) is 63.0 Å². The van der Waals surface area contributed by atoms with Crippen LogP contribution in [0.1, 0.15) is 25.5 Å². The van der Waals surface area contributed by atoms with Gasteiger partial charge in [-0.25, -0.2) is 9.97 Å². The van der Waals surface area contributed by atoms with Gasteiger partial charge in [-0.05, 0) is 25.8 Å². The molecule has 0 spiro atoms. The molecule has 0 bridgehead atoms. The molecule has 2 aromatic rings. The third kappa shape index (κ3) is 4.87. The predicted molar refractivity (Wildman–Crippen MR) is 109 cm³/mol. The molecule has 156 valence electrons.